The van der Waals surface area contributed by atoms with Crippen molar-refractivity contribution in [3.8, 4) is 0 Å². The van der Waals surface area contributed by atoms with Gasteiger partial charge in [0.2, 0.25) is 0 Å². The molecule has 0 radical (unpaired) electrons. The Morgan fingerprint density at radius 3 is 1.79 bits per heavy atom. The van der Waals surface area contributed by atoms with Crippen LogP contribution in [0.15, 0.2) is 0 Å². The van der Waals surface area contributed by atoms with Crippen LogP contribution >= 0.6 is 0 Å². The summed E-state index contributed by atoms with van der Waals surface area (Å²) >= 11 is 0. The highest BCUT2D eigenvalue weighted by molar-refractivity contribution is 5.75. The van der Waals surface area contributed by atoms with E-state index in [0.29, 0.717) is 51.9 Å². The lowest BCUT2D eigenvalue weighted by Gasteiger charge is -2.44. The lowest BCUT2D eigenvalue weighted by atomic mass is 9.88. The number of carboxylic acids is 3. The lowest BCUT2D eigenvalue weighted by Crippen LogP contribution is -2.59. The highest BCUT2D eigenvalue weighted by atomic mass is 16.4. The van der Waals surface area contributed by atoms with Gasteiger partial charge in [-0.05, 0) is 26.8 Å². The number of unbranched alkanes of at least 4 members (excludes halogenated alkanes) is 1. The summed E-state index contributed by atoms with van der Waals surface area (Å²) < 4.78 is 0. The van der Waals surface area contributed by atoms with Crippen LogP contribution < -0.4 is 0 Å². The first kappa shape index (κ1) is 24.0. The maximum atomic E-state index is 11.3. The molecule has 0 amide bonds. The van der Waals surface area contributed by atoms with Crippen molar-refractivity contribution < 1.29 is 34.5 Å². The number of likely N-dealkylation sites (N-methyl/N-ethyl adjacent to an activating group) is 1. The molecule has 0 aromatic carbocycles. The smallest absolute Gasteiger partial charge is 0.317 e. The Balaban J connectivity index is 3.11. The number of nitrogens with zero attached hydrogens (tertiary/aromatic N) is 3. The van der Waals surface area contributed by atoms with Crippen LogP contribution in [0.25, 0.3) is 0 Å². The molecule has 160 valence electrons. The van der Waals surface area contributed by atoms with Crippen molar-refractivity contribution in [3.63, 3.8) is 0 Å². The van der Waals surface area contributed by atoms with Gasteiger partial charge in [-0.3, -0.25) is 29.1 Å². The standard InChI is InChI=1S/C18H31N3O7/c1-14(22)5-3-4-6-18(19(2)9-15(23)24)12-20(10-16(25)26)7-8-21(13-18)11-17(27)28/h3-13H2,1-2H3,(H,23,24)(H,25,26)(H,27,28). The van der Waals surface area contributed by atoms with E-state index < -0.39 is 23.4 Å². The van der Waals surface area contributed by atoms with Crippen molar-refractivity contribution in [1.82, 2.24) is 14.7 Å². The van der Waals surface area contributed by atoms with E-state index >= 15 is 0 Å². The van der Waals surface area contributed by atoms with Crippen molar-refractivity contribution in [2.24, 2.45) is 0 Å². The minimum absolute atomic E-state index is 0.0776. The maximum Gasteiger partial charge on any atom is 0.317 e. The minimum atomic E-state index is -1.01. The normalized spacial score (nSPS) is 18.0. The number of aliphatic carboxylic acids is 3. The van der Waals surface area contributed by atoms with Gasteiger partial charge in [-0.25, -0.2) is 0 Å². The van der Waals surface area contributed by atoms with E-state index in [1.165, 1.54) is 6.92 Å². The summed E-state index contributed by atoms with van der Waals surface area (Å²) in [5.41, 5.74) is -0.726. The second-order valence-electron chi connectivity index (χ2n) is 7.59. The predicted octanol–water partition coefficient (Wildman–Crippen LogP) is -0.322. The number of hydrogen-bond donors (Lipinski definition) is 3. The zero-order valence-corrected chi connectivity index (χ0v) is 16.6. The first-order valence-electron chi connectivity index (χ1n) is 9.35. The average Bonchev–Trinajstić information content (AvgIpc) is 2.70. The second kappa shape index (κ2) is 11.1. The van der Waals surface area contributed by atoms with Gasteiger partial charge in [0.05, 0.1) is 19.6 Å². The van der Waals surface area contributed by atoms with Gasteiger partial charge in [0.15, 0.2) is 0 Å². The molecule has 1 fully saturated rings. The summed E-state index contributed by atoms with van der Waals surface area (Å²) in [5.74, 6) is -2.91. The van der Waals surface area contributed by atoms with E-state index in [9.17, 15) is 34.5 Å². The Morgan fingerprint density at radius 2 is 1.39 bits per heavy atom. The van der Waals surface area contributed by atoms with Crippen molar-refractivity contribution in [2.45, 2.75) is 38.1 Å². The summed E-state index contributed by atoms with van der Waals surface area (Å²) in [7, 11) is 1.67. The van der Waals surface area contributed by atoms with Crippen LogP contribution in [-0.2, 0) is 19.2 Å². The number of Topliss-reactive ketones (excluding diaryl/α,β-unsaturated/α-hetero) is 1. The van der Waals surface area contributed by atoms with Gasteiger partial charge in [-0.15, -0.1) is 0 Å². The largest absolute Gasteiger partial charge is 0.480 e. The van der Waals surface area contributed by atoms with Crippen LogP contribution in [0.3, 0.4) is 0 Å². The SMILES string of the molecule is CC(=O)CCCCC1(N(C)CC(=O)O)CN(CC(=O)O)CCN(CC(=O)O)C1. The summed E-state index contributed by atoms with van der Waals surface area (Å²) in [6, 6.07) is 0. The summed E-state index contributed by atoms with van der Waals surface area (Å²) in [4.78, 5) is 50.2. The highest BCUT2D eigenvalue weighted by Crippen LogP contribution is 2.27. The van der Waals surface area contributed by atoms with Gasteiger partial charge in [-0.2, -0.15) is 0 Å². The van der Waals surface area contributed by atoms with Gasteiger partial charge >= 0.3 is 17.9 Å². The van der Waals surface area contributed by atoms with Crippen molar-refractivity contribution >= 4 is 23.7 Å². The average molecular weight is 401 g/mol. The van der Waals surface area contributed by atoms with Crippen LogP contribution in [0, 0.1) is 0 Å². The lowest BCUT2D eigenvalue weighted by molar-refractivity contribution is -0.142. The number of carbonyl (C=O) groups excluding carboxylic acids is 1. The Morgan fingerprint density at radius 1 is 0.893 bits per heavy atom. The molecule has 10 heteroatoms. The summed E-state index contributed by atoms with van der Waals surface area (Å²) in [5, 5.41) is 27.7. The molecule has 3 N–H and O–H groups in total. The van der Waals surface area contributed by atoms with Gasteiger partial charge in [0.25, 0.3) is 0 Å². The molecule has 0 bridgehead atoms. The fraction of sp³-hybridized carbons (Fsp3) is 0.778. The second-order valence-corrected chi connectivity index (χ2v) is 7.59. The molecule has 0 atom stereocenters. The zero-order chi connectivity index (χ0) is 21.3. The third kappa shape index (κ3) is 8.32. The monoisotopic (exact) mass is 401 g/mol. The maximum absolute atomic E-state index is 11.3. The Bertz CT molecular complexity index is 556. The van der Waals surface area contributed by atoms with Gasteiger partial charge in [0, 0.05) is 38.1 Å². The minimum Gasteiger partial charge on any atom is -0.480 e. The fourth-order valence-electron chi connectivity index (χ4n) is 3.76. The molecule has 1 saturated heterocycles. The molecule has 1 rings (SSSR count). The van der Waals surface area contributed by atoms with Gasteiger partial charge < -0.3 is 20.1 Å². The summed E-state index contributed by atoms with van der Waals surface area (Å²) in [6.45, 7) is 2.29. The van der Waals surface area contributed by atoms with E-state index in [1.807, 2.05) is 0 Å². The van der Waals surface area contributed by atoms with Crippen LogP contribution in [0.5, 0.6) is 0 Å². The third-order valence-electron chi connectivity index (χ3n) is 5.09. The Hall–Kier alpha value is -2.04. The van der Waals surface area contributed by atoms with Crippen molar-refractivity contribution in [1.29, 1.82) is 0 Å². The van der Waals surface area contributed by atoms with E-state index in [0.717, 1.165) is 0 Å². The first-order chi connectivity index (χ1) is 13.0. The van der Waals surface area contributed by atoms with Crippen LogP contribution in [0.4, 0.5) is 0 Å². The molecule has 0 saturated carbocycles. The van der Waals surface area contributed by atoms with Crippen LogP contribution in [-0.4, -0.2) is 112 Å². The quantitative estimate of drug-likeness (QED) is 0.373. The molecule has 0 aliphatic carbocycles. The number of ketones is 1. The van der Waals surface area contributed by atoms with Gasteiger partial charge in [-0.1, -0.05) is 6.42 Å². The molecular formula is C18H31N3O7. The number of rotatable bonds is 12. The topological polar surface area (TPSA) is 139 Å². The number of carboxylic acid groups (broad SMARTS) is 3. The van der Waals surface area contributed by atoms with E-state index in [2.05, 4.69) is 0 Å². The molecule has 1 aliphatic rings. The Kier molecular flexibility index (Phi) is 9.50. The van der Waals surface area contributed by atoms with Crippen LogP contribution in [0.1, 0.15) is 32.6 Å². The highest BCUT2D eigenvalue weighted by Gasteiger charge is 2.41. The molecular weight excluding hydrogens is 370 g/mol. The fourth-order valence-corrected chi connectivity index (χ4v) is 3.76. The predicted molar refractivity (Wildman–Crippen MR) is 100 cm³/mol. The molecule has 1 aliphatic heterocycles. The Labute approximate surface area is 164 Å². The molecule has 0 spiro atoms. The van der Waals surface area contributed by atoms with E-state index in [1.54, 1.807) is 21.7 Å². The van der Waals surface area contributed by atoms with Crippen molar-refractivity contribution in [3.05, 3.63) is 0 Å². The van der Waals surface area contributed by atoms with E-state index in [-0.39, 0.29) is 25.4 Å². The first-order valence-corrected chi connectivity index (χ1v) is 9.35. The molecule has 0 aromatic heterocycles. The van der Waals surface area contributed by atoms with Crippen LogP contribution in [0.2, 0.25) is 0 Å². The van der Waals surface area contributed by atoms with E-state index in [4.69, 9.17) is 0 Å². The number of carbonyl (C=O) groups is 4. The van der Waals surface area contributed by atoms with Crippen molar-refractivity contribution in [2.75, 3.05) is 52.9 Å². The molecule has 1 heterocycles. The zero-order valence-electron chi connectivity index (χ0n) is 16.6. The molecule has 28 heavy (non-hydrogen) atoms. The third-order valence-corrected chi connectivity index (χ3v) is 5.09. The molecule has 0 aromatic rings. The molecule has 10 nitrogen and oxygen atoms in total. The number of hydrogen-bond acceptors (Lipinski definition) is 7. The molecule has 0 unspecified atom stereocenters. The van der Waals surface area contributed by atoms with Gasteiger partial charge in [0.1, 0.15) is 5.78 Å². The summed E-state index contributed by atoms with van der Waals surface area (Å²) in [6.07, 6.45) is 2.27.